The Morgan fingerprint density at radius 2 is 1.77 bits per heavy atom. The first-order chi connectivity index (χ1) is 9.94. The quantitative estimate of drug-likeness (QED) is 0.384. The van der Waals surface area contributed by atoms with Gasteiger partial charge in [-0.1, -0.05) is 11.6 Å². The van der Waals surface area contributed by atoms with E-state index in [1.165, 1.54) is 0 Å². The Labute approximate surface area is 129 Å². The molecule has 0 heterocycles. The molecular formula is C9H12ClNO9P2. The summed E-state index contributed by atoms with van der Waals surface area (Å²) in [5.41, 5.74) is -1.89. The van der Waals surface area contributed by atoms with Crippen LogP contribution >= 0.6 is 26.8 Å². The van der Waals surface area contributed by atoms with Gasteiger partial charge in [0, 0.05) is 25.3 Å². The fourth-order valence-corrected chi connectivity index (χ4v) is 5.29. The summed E-state index contributed by atoms with van der Waals surface area (Å²) in [5.74, 6) is 0. The molecule has 0 amide bonds. The molecule has 0 bridgehead atoms. The van der Waals surface area contributed by atoms with E-state index in [0.29, 0.717) is 6.07 Å². The smallest absolute Gasteiger partial charge is 0.364 e. The molecule has 0 aliphatic carbocycles. The van der Waals surface area contributed by atoms with E-state index in [0.717, 1.165) is 26.4 Å². The molecule has 1 aromatic rings. The van der Waals surface area contributed by atoms with Crippen molar-refractivity contribution in [3.8, 4) is 0 Å². The van der Waals surface area contributed by atoms with Crippen LogP contribution < -0.4 is 0 Å². The van der Waals surface area contributed by atoms with Gasteiger partial charge < -0.3 is 23.9 Å². The highest BCUT2D eigenvalue weighted by Crippen LogP contribution is 2.77. The summed E-state index contributed by atoms with van der Waals surface area (Å²) < 4.78 is 33.1. The van der Waals surface area contributed by atoms with Gasteiger partial charge in [0.05, 0.1) is 10.5 Å². The third-order valence-corrected chi connectivity index (χ3v) is 7.56. The minimum atomic E-state index is -5.67. The van der Waals surface area contributed by atoms with E-state index in [-0.39, 0.29) is 5.02 Å². The van der Waals surface area contributed by atoms with E-state index in [2.05, 4.69) is 9.05 Å². The van der Waals surface area contributed by atoms with Crippen LogP contribution in [-0.2, 0) is 23.3 Å². The van der Waals surface area contributed by atoms with Crippen molar-refractivity contribution in [3.63, 3.8) is 0 Å². The molecule has 22 heavy (non-hydrogen) atoms. The molecule has 0 saturated carbocycles. The number of nitro groups is 1. The summed E-state index contributed by atoms with van der Waals surface area (Å²) in [5, 5.41) is 17.7. The van der Waals surface area contributed by atoms with E-state index in [1.54, 1.807) is 0 Å². The van der Waals surface area contributed by atoms with Gasteiger partial charge in [-0.2, -0.15) is 0 Å². The van der Waals surface area contributed by atoms with Gasteiger partial charge in [0.25, 0.3) is 10.8 Å². The molecule has 0 spiro atoms. The van der Waals surface area contributed by atoms with Crippen molar-refractivity contribution in [3.05, 3.63) is 38.9 Å². The summed E-state index contributed by atoms with van der Waals surface area (Å²) in [7, 11) is -9.04. The molecule has 124 valence electrons. The predicted octanol–water partition coefficient (Wildman–Crippen LogP) is 2.01. The average molecular weight is 376 g/mol. The minimum Gasteiger partial charge on any atom is -0.364 e. The fraction of sp³-hybridized carbons (Fsp3) is 0.333. The monoisotopic (exact) mass is 375 g/mol. The molecular weight excluding hydrogens is 363 g/mol. The number of rotatable bonds is 6. The molecule has 1 aromatic carbocycles. The molecule has 1 atom stereocenters. The number of halogens is 1. The van der Waals surface area contributed by atoms with Gasteiger partial charge in [0.15, 0.2) is 0 Å². The van der Waals surface area contributed by atoms with Crippen molar-refractivity contribution in [2.45, 2.75) is 5.08 Å². The Balaban J connectivity index is 3.92. The number of hydrogen-bond donors (Lipinski definition) is 3. The Morgan fingerprint density at radius 1 is 1.27 bits per heavy atom. The van der Waals surface area contributed by atoms with E-state index in [1.807, 2.05) is 0 Å². The molecule has 10 nitrogen and oxygen atoms in total. The second-order valence-electron chi connectivity index (χ2n) is 3.96. The number of aliphatic hydroxyl groups is 1. The van der Waals surface area contributed by atoms with Gasteiger partial charge in [-0.3, -0.25) is 19.2 Å². The molecule has 1 unspecified atom stereocenters. The first-order valence-corrected chi connectivity index (χ1v) is 8.92. The highest BCUT2D eigenvalue weighted by Gasteiger charge is 2.65. The first-order valence-electron chi connectivity index (χ1n) is 5.38. The molecule has 0 aliphatic heterocycles. The molecule has 13 heteroatoms. The average Bonchev–Trinajstić information content (AvgIpc) is 2.43. The minimum absolute atomic E-state index is 0.189. The Morgan fingerprint density at radius 3 is 2.14 bits per heavy atom. The van der Waals surface area contributed by atoms with Crippen molar-refractivity contribution in [2.24, 2.45) is 0 Å². The molecule has 0 radical (unpaired) electrons. The molecule has 1 rings (SSSR count). The molecule has 0 saturated heterocycles. The molecule has 3 N–H and O–H groups in total. The number of nitro benzene ring substituents is 1. The van der Waals surface area contributed by atoms with Crippen LogP contribution in [0.25, 0.3) is 0 Å². The van der Waals surface area contributed by atoms with Crippen molar-refractivity contribution in [1.82, 2.24) is 0 Å². The van der Waals surface area contributed by atoms with E-state index in [4.69, 9.17) is 11.6 Å². The highest BCUT2D eigenvalue weighted by atomic mass is 35.5. The van der Waals surface area contributed by atoms with Crippen LogP contribution in [-0.4, -0.2) is 34.0 Å². The second-order valence-corrected chi connectivity index (χ2v) is 8.86. The zero-order valence-electron chi connectivity index (χ0n) is 11.2. The van der Waals surface area contributed by atoms with Gasteiger partial charge in [-0.15, -0.1) is 0 Å². The third kappa shape index (κ3) is 2.97. The van der Waals surface area contributed by atoms with Crippen LogP contribution in [0.1, 0.15) is 5.56 Å². The fourth-order valence-electron chi connectivity index (χ4n) is 1.73. The summed E-state index contributed by atoms with van der Waals surface area (Å²) in [4.78, 5) is 28.9. The summed E-state index contributed by atoms with van der Waals surface area (Å²) in [6.45, 7) is 0. The zero-order valence-corrected chi connectivity index (χ0v) is 13.8. The van der Waals surface area contributed by atoms with E-state index in [9.17, 15) is 34.1 Å². The van der Waals surface area contributed by atoms with Crippen LogP contribution in [0.3, 0.4) is 0 Å². The topological polar surface area (TPSA) is 156 Å². The number of hydrogen-bond acceptors (Lipinski definition) is 7. The Kier molecular flexibility index (Phi) is 5.55. The zero-order chi connectivity index (χ0) is 17.3. The van der Waals surface area contributed by atoms with Crippen LogP contribution in [0.2, 0.25) is 5.02 Å². The van der Waals surface area contributed by atoms with Crippen molar-refractivity contribution in [2.75, 3.05) is 14.2 Å². The van der Waals surface area contributed by atoms with Crippen molar-refractivity contribution < 1.29 is 38.0 Å². The Bertz CT molecular complexity index is 682. The molecule has 0 fully saturated rings. The second kappa shape index (κ2) is 6.35. The first kappa shape index (κ1) is 19.2. The van der Waals surface area contributed by atoms with Crippen molar-refractivity contribution in [1.29, 1.82) is 0 Å². The van der Waals surface area contributed by atoms with Crippen LogP contribution in [0.15, 0.2) is 18.2 Å². The largest absolute Gasteiger partial charge is 0.379 e. The maximum absolute atomic E-state index is 12.5. The van der Waals surface area contributed by atoms with E-state index < -0.39 is 36.4 Å². The lowest BCUT2D eigenvalue weighted by molar-refractivity contribution is -0.386. The van der Waals surface area contributed by atoms with Gasteiger partial charge in [-0.05, 0) is 12.1 Å². The van der Waals surface area contributed by atoms with Crippen LogP contribution in [0.4, 0.5) is 5.69 Å². The normalized spacial score (nSPS) is 15.4. The van der Waals surface area contributed by atoms with Crippen molar-refractivity contribution >= 4 is 32.5 Å². The summed E-state index contributed by atoms with van der Waals surface area (Å²) in [6, 6.07) is 2.57. The highest BCUT2D eigenvalue weighted by molar-refractivity contribution is 7.72. The molecule has 0 aromatic heterocycles. The lowest BCUT2D eigenvalue weighted by Gasteiger charge is -2.33. The Hall–Kier alpha value is -0.830. The third-order valence-electron chi connectivity index (χ3n) is 2.79. The maximum Gasteiger partial charge on any atom is 0.379 e. The van der Waals surface area contributed by atoms with Crippen LogP contribution in [0.5, 0.6) is 0 Å². The molecule has 0 aliphatic rings. The lowest BCUT2D eigenvalue weighted by atomic mass is 10.2. The number of benzene rings is 1. The predicted molar refractivity (Wildman–Crippen MR) is 75.7 cm³/mol. The van der Waals surface area contributed by atoms with E-state index >= 15 is 0 Å². The SMILES string of the molecule is COP(=O)(OC)C(O)(c1cc(Cl)ccc1[N+](=O)[O-])P(=O)(O)O. The standard InChI is InChI=1S/C9H12ClNO9P2/c1-19-22(18,20-2)9(12,21(15,16)17)7-5-6(10)3-4-8(7)11(13)14/h3-5,12H,1-2H3,(H2,15,16,17). The van der Waals surface area contributed by atoms with Crippen LogP contribution in [0, 0.1) is 10.1 Å². The maximum atomic E-state index is 12.5. The van der Waals surface area contributed by atoms with Gasteiger partial charge in [-0.25, -0.2) is 0 Å². The lowest BCUT2D eigenvalue weighted by Crippen LogP contribution is -2.28. The van der Waals surface area contributed by atoms with Gasteiger partial charge in [0.1, 0.15) is 0 Å². The van der Waals surface area contributed by atoms with Gasteiger partial charge >= 0.3 is 15.2 Å². The summed E-state index contributed by atoms with van der Waals surface area (Å²) in [6.07, 6.45) is 0. The number of nitrogens with zero attached hydrogens (tertiary/aromatic N) is 1. The van der Waals surface area contributed by atoms with Gasteiger partial charge in [0.2, 0.25) is 0 Å². The summed E-state index contributed by atoms with van der Waals surface area (Å²) >= 11 is 5.66.